The Balaban J connectivity index is 1.77. The number of carboxylic acid groups (broad SMARTS) is 1. The number of amides is 1. The molecule has 1 unspecified atom stereocenters. The number of carboxylic acids is 1. The van der Waals surface area contributed by atoms with Crippen LogP contribution in [0, 0.1) is 28.4 Å². The quantitative estimate of drug-likeness (QED) is 0.660. The number of likely N-dealkylation sites (tertiary alicyclic amines) is 1. The van der Waals surface area contributed by atoms with Crippen molar-refractivity contribution in [3.8, 4) is 5.75 Å². The van der Waals surface area contributed by atoms with Gasteiger partial charge in [-0.05, 0) is 37.7 Å². The maximum atomic E-state index is 12.7. The van der Waals surface area contributed by atoms with Gasteiger partial charge in [-0.1, -0.05) is 0 Å². The van der Waals surface area contributed by atoms with Crippen molar-refractivity contribution in [1.29, 1.82) is 0 Å². The Bertz CT molecular complexity index is 752. The normalized spacial score (nSPS) is 21.0. The molecule has 134 valence electrons. The van der Waals surface area contributed by atoms with Crippen molar-refractivity contribution in [3.63, 3.8) is 0 Å². The maximum Gasteiger partial charge on any atom is 0.307 e. The number of carbonyl (C=O) groups is 2. The standard InChI is InChI=1S/C17H20N2O6/c1-10-13(19(23)24)7-11(8-14(10)25-2)15(20)18-5-3-17(4-6-18)9-12(17)16(21)22/h7-8,12H,3-6,9H2,1-2H3,(H,21,22). The topological polar surface area (TPSA) is 110 Å². The molecule has 1 spiro atoms. The summed E-state index contributed by atoms with van der Waals surface area (Å²) in [6.45, 7) is 2.51. The highest BCUT2D eigenvalue weighted by molar-refractivity contribution is 5.95. The molecule has 1 heterocycles. The second-order valence-corrected chi connectivity index (χ2v) is 6.83. The molecule has 8 heteroatoms. The number of nitro benzene ring substituents is 1. The second kappa shape index (κ2) is 6.02. The van der Waals surface area contributed by atoms with E-state index in [-0.39, 0.29) is 28.5 Å². The van der Waals surface area contributed by atoms with Crippen LogP contribution in [0.4, 0.5) is 5.69 Å². The first-order chi connectivity index (χ1) is 11.8. The first kappa shape index (κ1) is 17.2. The number of piperidine rings is 1. The fraction of sp³-hybridized carbons (Fsp3) is 0.529. The van der Waals surface area contributed by atoms with E-state index >= 15 is 0 Å². The molecule has 1 aliphatic heterocycles. The Morgan fingerprint density at radius 3 is 2.48 bits per heavy atom. The van der Waals surface area contributed by atoms with Crippen molar-refractivity contribution >= 4 is 17.6 Å². The van der Waals surface area contributed by atoms with E-state index in [2.05, 4.69) is 0 Å². The summed E-state index contributed by atoms with van der Waals surface area (Å²) < 4.78 is 5.16. The molecular weight excluding hydrogens is 328 g/mol. The van der Waals surface area contributed by atoms with Crippen molar-refractivity contribution in [3.05, 3.63) is 33.4 Å². The highest BCUT2D eigenvalue weighted by Gasteiger charge is 2.59. The van der Waals surface area contributed by atoms with Crippen molar-refractivity contribution in [2.45, 2.75) is 26.2 Å². The SMILES string of the molecule is COc1cc(C(=O)N2CCC3(CC2)CC3C(=O)O)cc([N+](=O)[O-])c1C. The van der Waals surface area contributed by atoms with Gasteiger partial charge in [0.2, 0.25) is 0 Å². The Labute approximate surface area is 144 Å². The molecule has 1 atom stereocenters. The molecule has 0 aromatic heterocycles. The van der Waals surface area contributed by atoms with Gasteiger partial charge < -0.3 is 14.7 Å². The summed E-state index contributed by atoms with van der Waals surface area (Å²) in [5, 5.41) is 20.3. The third-order valence-corrected chi connectivity index (χ3v) is 5.53. The number of methoxy groups -OCH3 is 1. The number of nitrogens with zero attached hydrogens (tertiary/aromatic N) is 2. The van der Waals surface area contributed by atoms with Gasteiger partial charge in [0.1, 0.15) is 5.75 Å². The molecule has 3 rings (SSSR count). The monoisotopic (exact) mass is 348 g/mol. The van der Waals surface area contributed by atoms with Crippen LogP contribution in [-0.2, 0) is 4.79 Å². The Hall–Kier alpha value is -2.64. The third-order valence-electron chi connectivity index (χ3n) is 5.53. The maximum absolute atomic E-state index is 12.7. The number of ether oxygens (including phenoxy) is 1. The van der Waals surface area contributed by atoms with Gasteiger partial charge in [0.05, 0.1) is 29.1 Å². The van der Waals surface area contributed by atoms with Crippen molar-refractivity contribution in [1.82, 2.24) is 4.90 Å². The number of hydrogen-bond acceptors (Lipinski definition) is 5. The van der Waals surface area contributed by atoms with Gasteiger partial charge in [-0.15, -0.1) is 0 Å². The van der Waals surface area contributed by atoms with Gasteiger partial charge in [0.25, 0.3) is 11.6 Å². The predicted molar refractivity (Wildman–Crippen MR) is 87.7 cm³/mol. The summed E-state index contributed by atoms with van der Waals surface area (Å²) >= 11 is 0. The van der Waals surface area contributed by atoms with Crippen LogP contribution in [0.2, 0.25) is 0 Å². The zero-order valence-corrected chi connectivity index (χ0v) is 14.2. The first-order valence-corrected chi connectivity index (χ1v) is 8.14. The van der Waals surface area contributed by atoms with Crippen LogP contribution >= 0.6 is 0 Å². The molecule has 0 bridgehead atoms. The van der Waals surface area contributed by atoms with Crippen LogP contribution < -0.4 is 4.74 Å². The Kier molecular flexibility index (Phi) is 4.14. The lowest BCUT2D eigenvalue weighted by Gasteiger charge is -2.32. The summed E-state index contributed by atoms with van der Waals surface area (Å²) in [5.74, 6) is -1.05. The highest BCUT2D eigenvalue weighted by Crippen LogP contribution is 2.59. The van der Waals surface area contributed by atoms with Crippen molar-refractivity contribution < 1.29 is 24.4 Å². The molecule has 0 radical (unpaired) electrons. The molecule has 1 aromatic rings. The van der Waals surface area contributed by atoms with E-state index in [4.69, 9.17) is 9.84 Å². The molecular formula is C17H20N2O6. The predicted octanol–water partition coefficient (Wildman–Crippen LogP) is 2.24. The van der Waals surface area contributed by atoms with Crippen molar-refractivity contribution in [2.75, 3.05) is 20.2 Å². The molecule has 1 aromatic carbocycles. The van der Waals surface area contributed by atoms with E-state index < -0.39 is 10.9 Å². The van der Waals surface area contributed by atoms with Gasteiger partial charge in [-0.3, -0.25) is 19.7 Å². The number of aliphatic carboxylic acids is 1. The van der Waals surface area contributed by atoms with E-state index in [9.17, 15) is 19.7 Å². The lowest BCUT2D eigenvalue weighted by Crippen LogP contribution is -2.40. The van der Waals surface area contributed by atoms with Gasteiger partial charge >= 0.3 is 5.97 Å². The van der Waals surface area contributed by atoms with Crippen LogP contribution in [0.15, 0.2) is 12.1 Å². The average molecular weight is 348 g/mol. The largest absolute Gasteiger partial charge is 0.496 e. The summed E-state index contributed by atoms with van der Waals surface area (Å²) in [7, 11) is 1.41. The first-order valence-electron chi connectivity index (χ1n) is 8.14. The summed E-state index contributed by atoms with van der Waals surface area (Å²) in [4.78, 5) is 36.2. The number of rotatable bonds is 4. The molecule has 1 aliphatic carbocycles. The lowest BCUT2D eigenvalue weighted by molar-refractivity contribution is -0.385. The number of carbonyl (C=O) groups excluding carboxylic acids is 1. The van der Waals surface area contributed by atoms with Crippen LogP contribution in [0.5, 0.6) is 5.75 Å². The average Bonchev–Trinajstić information content (AvgIpc) is 3.29. The summed E-state index contributed by atoms with van der Waals surface area (Å²) in [6.07, 6.45) is 1.98. The third kappa shape index (κ3) is 2.92. The van der Waals surface area contributed by atoms with Crippen LogP contribution in [-0.4, -0.2) is 47.0 Å². The number of nitro groups is 1. The summed E-state index contributed by atoms with van der Waals surface area (Å²) in [5.41, 5.74) is 0.281. The number of hydrogen-bond donors (Lipinski definition) is 1. The van der Waals surface area contributed by atoms with E-state index in [0.29, 0.717) is 43.7 Å². The van der Waals surface area contributed by atoms with Gasteiger partial charge in [0.15, 0.2) is 0 Å². The molecule has 25 heavy (non-hydrogen) atoms. The van der Waals surface area contributed by atoms with Crippen LogP contribution in [0.1, 0.15) is 35.2 Å². The molecule has 2 fully saturated rings. The molecule has 1 saturated heterocycles. The fourth-order valence-electron chi connectivity index (χ4n) is 3.79. The molecule has 1 amide bonds. The molecule has 8 nitrogen and oxygen atoms in total. The molecule has 1 saturated carbocycles. The molecule has 1 N–H and O–H groups in total. The van der Waals surface area contributed by atoms with E-state index in [0.717, 1.165) is 0 Å². The second-order valence-electron chi connectivity index (χ2n) is 6.83. The van der Waals surface area contributed by atoms with E-state index in [1.165, 1.54) is 19.2 Å². The smallest absolute Gasteiger partial charge is 0.307 e. The number of benzene rings is 1. The van der Waals surface area contributed by atoms with Crippen LogP contribution in [0.3, 0.4) is 0 Å². The highest BCUT2D eigenvalue weighted by atomic mass is 16.6. The molecule has 2 aliphatic rings. The zero-order valence-electron chi connectivity index (χ0n) is 14.2. The van der Waals surface area contributed by atoms with E-state index in [1.54, 1.807) is 11.8 Å². The minimum absolute atomic E-state index is 0.149. The Morgan fingerprint density at radius 1 is 1.36 bits per heavy atom. The van der Waals surface area contributed by atoms with Gasteiger partial charge in [-0.2, -0.15) is 0 Å². The zero-order chi connectivity index (χ0) is 18.4. The minimum atomic E-state index is -0.765. The van der Waals surface area contributed by atoms with Gasteiger partial charge in [-0.25, -0.2) is 0 Å². The minimum Gasteiger partial charge on any atom is -0.496 e. The summed E-state index contributed by atoms with van der Waals surface area (Å²) in [6, 6.07) is 2.80. The fourth-order valence-corrected chi connectivity index (χ4v) is 3.79. The lowest BCUT2D eigenvalue weighted by atomic mass is 9.90. The van der Waals surface area contributed by atoms with E-state index in [1.807, 2.05) is 0 Å². The van der Waals surface area contributed by atoms with Gasteiger partial charge in [0, 0.05) is 19.2 Å². The Morgan fingerprint density at radius 2 is 2.00 bits per heavy atom. The van der Waals surface area contributed by atoms with Crippen molar-refractivity contribution in [2.24, 2.45) is 11.3 Å². The van der Waals surface area contributed by atoms with Crippen LogP contribution in [0.25, 0.3) is 0 Å².